The fourth-order valence-corrected chi connectivity index (χ4v) is 5.07. The van der Waals surface area contributed by atoms with Gasteiger partial charge in [-0.3, -0.25) is 4.79 Å². The Morgan fingerprint density at radius 2 is 1.49 bits per heavy atom. The van der Waals surface area contributed by atoms with Crippen LogP contribution in [-0.4, -0.2) is 71.9 Å². The van der Waals surface area contributed by atoms with Crippen LogP contribution < -0.4 is 9.64 Å². The van der Waals surface area contributed by atoms with Crippen molar-refractivity contribution in [2.24, 2.45) is 0 Å². The smallest absolute Gasteiger partial charge is 0.257 e. The second kappa shape index (κ2) is 9.38. The van der Waals surface area contributed by atoms with Crippen LogP contribution in [0.5, 0.6) is 5.75 Å². The zero-order valence-corrected chi connectivity index (χ0v) is 21.8. The van der Waals surface area contributed by atoms with E-state index in [2.05, 4.69) is 0 Å². The van der Waals surface area contributed by atoms with Crippen molar-refractivity contribution in [2.75, 3.05) is 43.6 Å². The second-order valence-electron chi connectivity index (χ2n) is 9.43. The van der Waals surface area contributed by atoms with Crippen LogP contribution in [0.4, 0.5) is 14.5 Å². The van der Waals surface area contributed by atoms with Crippen LogP contribution in [-0.2, 0) is 19.7 Å². The summed E-state index contributed by atoms with van der Waals surface area (Å²) in [7, 11) is -7.50. The van der Waals surface area contributed by atoms with E-state index in [9.17, 15) is 30.4 Å². The third-order valence-electron chi connectivity index (χ3n) is 5.33. The molecule has 1 aliphatic rings. The topological polar surface area (TPSA) is 101 Å². The number of ether oxygens (including phenoxy) is 1. The number of sulfone groups is 2. The number of carbonyl (C=O) groups excluding carboxylic acids is 1. The third kappa shape index (κ3) is 6.29. The van der Waals surface area contributed by atoms with Crippen molar-refractivity contribution in [2.45, 2.75) is 36.2 Å². The average Bonchev–Trinajstić information content (AvgIpc) is 2.72. The summed E-state index contributed by atoms with van der Waals surface area (Å²) < 4.78 is 82.2. The van der Waals surface area contributed by atoms with E-state index in [4.69, 9.17) is 4.74 Å². The Morgan fingerprint density at radius 1 is 0.886 bits per heavy atom. The number of nitrogens with zero attached hydrogens (tertiary/aromatic N) is 2. The van der Waals surface area contributed by atoms with Gasteiger partial charge < -0.3 is 14.5 Å². The van der Waals surface area contributed by atoms with Gasteiger partial charge in [0, 0.05) is 44.8 Å². The Balaban J connectivity index is 1.85. The normalized spacial score (nSPS) is 15.3. The lowest BCUT2D eigenvalue weighted by atomic mass is 10.1. The summed E-state index contributed by atoms with van der Waals surface area (Å²) in [5, 5.41) is 0. The Bertz CT molecular complexity index is 1360. The molecule has 0 bridgehead atoms. The largest absolute Gasteiger partial charge is 0.487 e. The van der Waals surface area contributed by atoms with E-state index in [1.165, 1.54) is 28.0 Å². The van der Waals surface area contributed by atoms with Crippen molar-refractivity contribution in [3.63, 3.8) is 0 Å². The summed E-state index contributed by atoms with van der Waals surface area (Å²) in [6, 6.07) is 5.61. The van der Waals surface area contributed by atoms with E-state index in [1.54, 1.807) is 20.8 Å². The van der Waals surface area contributed by atoms with Crippen LogP contribution in [0.2, 0.25) is 0 Å². The molecule has 8 nitrogen and oxygen atoms in total. The number of amides is 1. The number of anilines is 1. The van der Waals surface area contributed by atoms with E-state index in [-0.39, 0.29) is 48.1 Å². The van der Waals surface area contributed by atoms with Crippen molar-refractivity contribution in [3.8, 4) is 5.75 Å². The summed E-state index contributed by atoms with van der Waals surface area (Å²) in [5.41, 5.74) is -0.649. The molecule has 0 aromatic heterocycles. The highest BCUT2D eigenvalue weighted by molar-refractivity contribution is 7.91. The molecule has 0 unspecified atom stereocenters. The Kier molecular flexibility index (Phi) is 7.20. The lowest BCUT2D eigenvalue weighted by Crippen LogP contribution is -2.49. The average molecular weight is 531 g/mol. The standard InChI is InChI=1S/C23H28F2N2O6S2/c1-23(2,3)33-20-7-6-15(34(4,29)30)12-16(20)22(28)27-10-8-26(9-11-27)19-13-18(25)21(14-17(19)24)35(5,31)32/h6-7,12-14H,8-11H2,1-5H3. The maximum atomic E-state index is 14.6. The molecule has 3 rings (SSSR count). The number of piperazine rings is 1. The van der Waals surface area contributed by atoms with Gasteiger partial charge in [0.1, 0.15) is 27.9 Å². The predicted molar refractivity (Wildman–Crippen MR) is 128 cm³/mol. The van der Waals surface area contributed by atoms with E-state index < -0.39 is 47.7 Å². The summed E-state index contributed by atoms with van der Waals surface area (Å²) in [5.74, 6) is -2.15. The van der Waals surface area contributed by atoms with Gasteiger partial charge in [0.15, 0.2) is 19.7 Å². The maximum absolute atomic E-state index is 14.6. The molecular formula is C23H28F2N2O6S2. The van der Waals surface area contributed by atoms with Gasteiger partial charge in [-0.15, -0.1) is 0 Å². The molecule has 35 heavy (non-hydrogen) atoms. The van der Waals surface area contributed by atoms with Gasteiger partial charge >= 0.3 is 0 Å². The number of halogens is 2. The summed E-state index contributed by atoms with van der Waals surface area (Å²) in [6.07, 6.45) is 1.84. The molecule has 1 heterocycles. The number of rotatable bonds is 5. The molecule has 1 saturated heterocycles. The van der Waals surface area contributed by atoms with Gasteiger partial charge in [-0.25, -0.2) is 25.6 Å². The van der Waals surface area contributed by atoms with Crippen LogP contribution in [0.1, 0.15) is 31.1 Å². The molecule has 0 saturated carbocycles. The molecule has 1 amide bonds. The molecule has 0 N–H and O–H groups in total. The first kappa shape index (κ1) is 26.9. The predicted octanol–water partition coefficient (Wildman–Crippen LogP) is 2.91. The molecule has 1 fully saturated rings. The number of hydrogen-bond acceptors (Lipinski definition) is 7. The Labute approximate surface area is 204 Å². The lowest BCUT2D eigenvalue weighted by Gasteiger charge is -2.36. The van der Waals surface area contributed by atoms with Gasteiger partial charge in [0.2, 0.25) is 0 Å². The molecule has 0 atom stereocenters. The quantitative estimate of drug-likeness (QED) is 0.586. The zero-order valence-electron chi connectivity index (χ0n) is 20.1. The van der Waals surface area contributed by atoms with E-state index in [0.717, 1.165) is 18.6 Å². The van der Waals surface area contributed by atoms with Crippen molar-refractivity contribution < 1.29 is 35.1 Å². The summed E-state index contributed by atoms with van der Waals surface area (Å²) in [6.45, 7) is 5.99. The highest BCUT2D eigenvalue weighted by atomic mass is 32.2. The number of benzene rings is 2. The van der Waals surface area contributed by atoms with Gasteiger partial charge in [-0.05, 0) is 45.0 Å². The number of carbonyl (C=O) groups is 1. The van der Waals surface area contributed by atoms with Crippen molar-refractivity contribution >= 4 is 31.3 Å². The molecule has 12 heteroatoms. The fraction of sp³-hybridized carbons (Fsp3) is 0.435. The van der Waals surface area contributed by atoms with Gasteiger partial charge in [0.05, 0.1) is 16.1 Å². The van der Waals surface area contributed by atoms with Crippen LogP contribution in [0.25, 0.3) is 0 Å². The molecular weight excluding hydrogens is 502 g/mol. The summed E-state index contributed by atoms with van der Waals surface area (Å²) in [4.78, 5) is 15.6. The third-order valence-corrected chi connectivity index (χ3v) is 7.56. The highest BCUT2D eigenvalue weighted by Crippen LogP contribution is 2.30. The Hall–Kier alpha value is -2.73. The van der Waals surface area contributed by atoms with Crippen molar-refractivity contribution in [3.05, 3.63) is 47.5 Å². The van der Waals surface area contributed by atoms with Crippen molar-refractivity contribution in [1.82, 2.24) is 4.90 Å². The van der Waals surface area contributed by atoms with Gasteiger partial charge in [-0.1, -0.05) is 0 Å². The second-order valence-corrected chi connectivity index (χ2v) is 13.4. The first-order valence-electron chi connectivity index (χ1n) is 10.7. The van der Waals surface area contributed by atoms with Crippen LogP contribution in [0.3, 0.4) is 0 Å². The molecule has 192 valence electrons. The molecule has 0 spiro atoms. The van der Waals surface area contributed by atoms with Crippen LogP contribution in [0, 0.1) is 11.6 Å². The van der Waals surface area contributed by atoms with Crippen LogP contribution >= 0.6 is 0 Å². The van der Waals surface area contributed by atoms with Crippen molar-refractivity contribution in [1.29, 1.82) is 0 Å². The first-order chi connectivity index (χ1) is 16.0. The fourth-order valence-electron chi connectivity index (χ4n) is 3.69. The molecule has 2 aromatic rings. The minimum atomic E-state index is -3.93. The zero-order chi connectivity index (χ0) is 26.3. The molecule has 0 aliphatic carbocycles. The SMILES string of the molecule is CC(C)(C)Oc1ccc(S(C)(=O)=O)cc1C(=O)N1CCN(c2cc(F)c(S(C)(=O)=O)cc2F)CC1. The number of hydrogen-bond donors (Lipinski definition) is 0. The minimum Gasteiger partial charge on any atom is -0.487 e. The minimum absolute atomic E-state index is 0.0238. The molecule has 1 aliphatic heterocycles. The highest BCUT2D eigenvalue weighted by Gasteiger charge is 2.29. The van der Waals surface area contributed by atoms with Gasteiger partial charge in [0.25, 0.3) is 5.91 Å². The van der Waals surface area contributed by atoms with E-state index in [0.29, 0.717) is 6.07 Å². The van der Waals surface area contributed by atoms with Gasteiger partial charge in [-0.2, -0.15) is 0 Å². The Morgan fingerprint density at radius 3 is 2.00 bits per heavy atom. The van der Waals surface area contributed by atoms with Crippen LogP contribution in [0.15, 0.2) is 40.1 Å². The summed E-state index contributed by atoms with van der Waals surface area (Å²) >= 11 is 0. The van der Waals surface area contributed by atoms with E-state index in [1.807, 2.05) is 0 Å². The maximum Gasteiger partial charge on any atom is 0.257 e. The first-order valence-corrected chi connectivity index (χ1v) is 14.5. The molecule has 2 aromatic carbocycles. The lowest BCUT2D eigenvalue weighted by molar-refractivity contribution is 0.0730. The van der Waals surface area contributed by atoms with E-state index >= 15 is 0 Å². The monoisotopic (exact) mass is 530 g/mol. The molecule has 0 radical (unpaired) electrons.